The number of para-hydroxylation sites is 1. The van der Waals surface area contributed by atoms with Crippen LogP contribution in [0, 0.1) is 0 Å². The van der Waals surface area contributed by atoms with Crippen LogP contribution in [0.15, 0.2) is 24.3 Å². The Hall–Kier alpha value is -1.55. The lowest BCUT2D eigenvalue weighted by Crippen LogP contribution is -2.32. The topological polar surface area (TPSA) is 49.8 Å². The minimum Gasteiger partial charge on any atom is -0.465 e. The number of ether oxygens (including phenoxy) is 1. The fourth-order valence-corrected chi connectivity index (χ4v) is 1.58. The summed E-state index contributed by atoms with van der Waals surface area (Å²) in [6.07, 6.45) is -1.00. The van der Waals surface area contributed by atoms with Gasteiger partial charge in [0, 0.05) is 7.11 Å². The molecule has 1 rings (SSSR count). The average Bonchev–Trinajstić information content (AvgIpc) is 2.25. The molecule has 1 N–H and O–H groups in total. The normalized spacial score (nSPS) is 10.5. The lowest BCUT2D eigenvalue weighted by molar-refractivity contribution is 0.168. The van der Waals surface area contributed by atoms with Gasteiger partial charge in [-0.2, -0.15) is 0 Å². The Kier molecular flexibility index (Phi) is 4.31. The molecule has 0 aliphatic heterocycles. The maximum absolute atomic E-state index is 11.1. The van der Waals surface area contributed by atoms with Crippen LogP contribution in [0.5, 0.6) is 0 Å². The van der Waals surface area contributed by atoms with Gasteiger partial charge in [0.2, 0.25) is 0 Å². The number of carbonyl (C=O) groups is 1. The predicted molar refractivity (Wildman–Crippen MR) is 62.9 cm³/mol. The monoisotopic (exact) mass is 223 g/mol. The first kappa shape index (κ1) is 12.5. The molecular weight excluding hydrogens is 206 g/mol. The van der Waals surface area contributed by atoms with Gasteiger partial charge in [0.1, 0.15) is 6.73 Å². The second kappa shape index (κ2) is 5.51. The van der Waals surface area contributed by atoms with Crippen molar-refractivity contribution >= 4 is 11.8 Å². The molecule has 4 nitrogen and oxygen atoms in total. The van der Waals surface area contributed by atoms with E-state index in [2.05, 4.69) is 0 Å². The Morgan fingerprint density at radius 3 is 2.56 bits per heavy atom. The van der Waals surface area contributed by atoms with E-state index in [1.807, 2.05) is 32.0 Å². The average molecular weight is 223 g/mol. The highest BCUT2D eigenvalue weighted by atomic mass is 16.5. The van der Waals surface area contributed by atoms with Crippen molar-refractivity contribution in [2.24, 2.45) is 0 Å². The van der Waals surface area contributed by atoms with Crippen molar-refractivity contribution in [2.45, 2.75) is 19.8 Å². The van der Waals surface area contributed by atoms with Crippen molar-refractivity contribution in [3.05, 3.63) is 29.8 Å². The summed E-state index contributed by atoms with van der Waals surface area (Å²) in [5, 5.41) is 9.11. The molecule has 1 aromatic carbocycles. The largest absolute Gasteiger partial charge is 0.465 e. The van der Waals surface area contributed by atoms with Crippen LogP contribution in [0.2, 0.25) is 0 Å². The summed E-state index contributed by atoms with van der Waals surface area (Å²) in [5.41, 5.74) is 1.69. The number of nitrogens with zero attached hydrogens (tertiary/aromatic N) is 1. The van der Waals surface area contributed by atoms with Gasteiger partial charge in [-0.15, -0.1) is 0 Å². The van der Waals surface area contributed by atoms with Crippen molar-refractivity contribution in [3.8, 4) is 0 Å². The van der Waals surface area contributed by atoms with Gasteiger partial charge in [-0.25, -0.2) is 4.79 Å². The molecule has 0 aliphatic rings. The summed E-state index contributed by atoms with van der Waals surface area (Å²) < 4.78 is 4.90. The van der Waals surface area contributed by atoms with Crippen LogP contribution >= 0.6 is 0 Å². The lowest BCUT2D eigenvalue weighted by atomic mass is 10.0. The van der Waals surface area contributed by atoms with E-state index in [1.54, 1.807) is 6.07 Å². The molecule has 0 radical (unpaired) electrons. The molecule has 0 bridgehead atoms. The minimum absolute atomic E-state index is 0.0407. The molecular formula is C12H17NO3. The number of rotatable bonds is 4. The van der Waals surface area contributed by atoms with Crippen LogP contribution in [0.4, 0.5) is 10.5 Å². The molecule has 1 amide bonds. The number of methoxy groups -OCH3 is 1. The van der Waals surface area contributed by atoms with Crippen LogP contribution in [0.1, 0.15) is 25.3 Å². The summed E-state index contributed by atoms with van der Waals surface area (Å²) >= 11 is 0. The fraction of sp³-hybridized carbons (Fsp3) is 0.417. The van der Waals surface area contributed by atoms with Gasteiger partial charge in [-0.1, -0.05) is 32.0 Å². The molecule has 0 spiro atoms. The lowest BCUT2D eigenvalue weighted by Gasteiger charge is -2.22. The highest BCUT2D eigenvalue weighted by Crippen LogP contribution is 2.27. The highest BCUT2D eigenvalue weighted by Gasteiger charge is 2.18. The summed E-state index contributed by atoms with van der Waals surface area (Å²) in [4.78, 5) is 12.3. The Labute approximate surface area is 95.5 Å². The number of benzene rings is 1. The van der Waals surface area contributed by atoms with Gasteiger partial charge in [-0.05, 0) is 17.5 Å². The van der Waals surface area contributed by atoms with Gasteiger partial charge < -0.3 is 9.84 Å². The first-order valence-corrected chi connectivity index (χ1v) is 5.16. The van der Waals surface area contributed by atoms with Gasteiger partial charge in [0.15, 0.2) is 0 Å². The van der Waals surface area contributed by atoms with E-state index in [0.717, 1.165) is 5.56 Å². The molecule has 0 atom stereocenters. The SMILES string of the molecule is COCN(C(=O)O)c1ccccc1C(C)C. The Morgan fingerprint density at radius 1 is 1.44 bits per heavy atom. The second-order valence-electron chi connectivity index (χ2n) is 3.84. The third-order valence-electron chi connectivity index (χ3n) is 2.34. The Morgan fingerprint density at radius 2 is 2.06 bits per heavy atom. The van der Waals surface area contributed by atoms with Crippen molar-refractivity contribution in [2.75, 3.05) is 18.7 Å². The number of amides is 1. The Balaban J connectivity index is 3.12. The van der Waals surface area contributed by atoms with Crippen molar-refractivity contribution in [1.29, 1.82) is 0 Å². The van der Waals surface area contributed by atoms with Gasteiger partial charge in [0.05, 0.1) is 5.69 Å². The number of carboxylic acid groups (broad SMARTS) is 1. The molecule has 0 fully saturated rings. The molecule has 16 heavy (non-hydrogen) atoms. The summed E-state index contributed by atoms with van der Waals surface area (Å²) in [6, 6.07) is 7.46. The fourth-order valence-electron chi connectivity index (χ4n) is 1.58. The van der Waals surface area contributed by atoms with Crippen molar-refractivity contribution in [1.82, 2.24) is 0 Å². The number of hydrogen-bond acceptors (Lipinski definition) is 2. The van der Waals surface area contributed by atoms with E-state index in [4.69, 9.17) is 9.84 Å². The third-order valence-corrected chi connectivity index (χ3v) is 2.34. The predicted octanol–water partition coefficient (Wildman–Crippen LogP) is 2.90. The van der Waals surface area contributed by atoms with Crippen LogP contribution in [0.3, 0.4) is 0 Å². The van der Waals surface area contributed by atoms with E-state index in [1.165, 1.54) is 12.0 Å². The van der Waals surface area contributed by atoms with E-state index in [9.17, 15) is 4.79 Å². The Bertz CT molecular complexity index is 363. The van der Waals surface area contributed by atoms with E-state index < -0.39 is 6.09 Å². The quantitative estimate of drug-likeness (QED) is 0.798. The highest BCUT2D eigenvalue weighted by molar-refractivity contribution is 5.87. The summed E-state index contributed by atoms with van der Waals surface area (Å²) in [6.45, 7) is 4.11. The standard InChI is InChI=1S/C12H17NO3/c1-9(2)10-6-4-5-7-11(10)13(8-16-3)12(14)15/h4-7,9H,8H2,1-3H3,(H,14,15). The molecule has 4 heteroatoms. The summed E-state index contributed by atoms with van der Waals surface area (Å²) in [5.74, 6) is 0.273. The smallest absolute Gasteiger partial charge is 0.413 e. The molecule has 0 unspecified atom stereocenters. The van der Waals surface area contributed by atoms with Crippen LogP contribution < -0.4 is 4.90 Å². The minimum atomic E-state index is -1.00. The van der Waals surface area contributed by atoms with Crippen LogP contribution in [-0.4, -0.2) is 25.0 Å². The number of anilines is 1. The van der Waals surface area contributed by atoms with E-state index in [-0.39, 0.29) is 12.6 Å². The zero-order chi connectivity index (χ0) is 12.1. The van der Waals surface area contributed by atoms with E-state index >= 15 is 0 Å². The second-order valence-corrected chi connectivity index (χ2v) is 3.84. The van der Waals surface area contributed by atoms with E-state index in [0.29, 0.717) is 5.69 Å². The van der Waals surface area contributed by atoms with Gasteiger partial charge in [-0.3, -0.25) is 4.90 Å². The third kappa shape index (κ3) is 2.73. The molecule has 0 aliphatic carbocycles. The van der Waals surface area contributed by atoms with Crippen LogP contribution in [0.25, 0.3) is 0 Å². The van der Waals surface area contributed by atoms with Crippen LogP contribution in [-0.2, 0) is 4.74 Å². The first-order valence-electron chi connectivity index (χ1n) is 5.16. The maximum atomic E-state index is 11.1. The molecule has 1 aromatic rings. The van der Waals surface area contributed by atoms with Gasteiger partial charge in [0.25, 0.3) is 0 Å². The van der Waals surface area contributed by atoms with Crippen molar-refractivity contribution in [3.63, 3.8) is 0 Å². The maximum Gasteiger partial charge on any atom is 0.413 e. The molecule has 0 saturated heterocycles. The molecule has 0 aromatic heterocycles. The summed E-state index contributed by atoms with van der Waals surface area (Å²) in [7, 11) is 1.48. The number of hydrogen-bond donors (Lipinski definition) is 1. The van der Waals surface area contributed by atoms with Gasteiger partial charge >= 0.3 is 6.09 Å². The zero-order valence-corrected chi connectivity index (χ0v) is 9.80. The first-order chi connectivity index (χ1) is 7.57. The molecule has 0 saturated carbocycles. The zero-order valence-electron chi connectivity index (χ0n) is 9.80. The molecule has 88 valence electrons. The molecule has 0 heterocycles. The van der Waals surface area contributed by atoms with Crippen molar-refractivity contribution < 1.29 is 14.6 Å².